The fourth-order valence-electron chi connectivity index (χ4n) is 0.932. The van der Waals surface area contributed by atoms with Crippen LogP contribution in [0.3, 0.4) is 0 Å². The highest BCUT2D eigenvalue weighted by Gasteiger charge is 1.99. The van der Waals surface area contributed by atoms with Crippen LogP contribution in [0.4, 0.5) is 0 Å². The molecule has 0 saturated carbocycles. The summed E-state index contributed by atoms with van der Waals surface area (Å²) in [4.78, 5) is 7.93. The van der Waals surface area contributed by atoms with Crippen LogP contribution in [0.15, 0.2) is 12.3 Å². The Balaban J connectivity index is 2.40. The van der Waals surface area contributed by atoms with Gasteiger partial charge in [0.05, 0.1) is 19.3 Å². The first kappa shape index (κ1) is 11.2. The Morgan fingerprint density at radius 2 is 2.33 bits per heavy atom. The van der Waals surface area contributed by atoms with Crippen LogP contribution in [0, 0.1) is 11.3 Å². The summed E-state index contributed by atoms with van der Waals surface area (Å²) >= 11 is 0. The third-order valence-electron chi connectivity index (χ3n) is 1.56. The van der Waals surface area contributed by atoms with Crippen molar-refractivity contribution in [1.82, 2.24) is 9.97 Å². The SMILES string of the molecule is CCOc1nccc(OCCCC#N)n1. The maximum absolute atomic E-state index is 8.33. The van der Waals surface area contributed by atoms with E-state index >= 15 is 0 Å². The smallest absolute Gasteiger partial charge is 0.319 e. The summed E-state index contributed by atoms with van der Waals surface area (Å²) in [6, 6.07) is 4.02. The predicted molar refractivity (Wildman–Crippen MR) is 53.5 cm³/mol. The fraction of sp³-hybridized carbons (Fsp3) is 0.500. The molecule has 0 unspecified atom stereocenters. The second-order valence-electron chi connectivity index (χ2n) is 2.72. The average Bonchev–Trinajstić information content (AvgIpc) is 2.26. The first-order chi connectivity index (χ1) is 7.36. The number of hydrogen-bond acceptors (Lipinski definition) is 5. The van der Waals surface area contributed by atoms with Crippen LogP contribution in [-0.2, 0) is 0 Å². The molecule has 0 bridgehead atoms. The number of ether oxygens (including phenoxy) is 2. The van der Waals surface area contributed by atoms with Crippen LogP contribution >= 0.6 is 0 Å². The van der Waals surface area contributed by atoms with Crippen LogP contribution in [-0.4, -0.2) is 23.2 Å². The lowest BCUT2D eigenvalue weighted by atomic mass is 10.3. The van der Waals surface area contributed by atoms with Crippen LogP contribution in [0.1, 0.15) is 19.8 Å². The summed E-state index contributed by atoms with van der Waals surface area (Å²) in [7, 11) is 0. The highest BCUT2D eigenvalue weighted by atomic mass is 16.5. The van der Waals surface area contributed by atoms with E-state index in [1.165, 1.54) is 0 Å². The van der Waals surface area contributed by atoms with Gasteiger partial charge in [0, 0.05) is 18.7 Å². The van der Waals surface area contributed by atoms with Crippen molar-refractivity contribution in [3.05, 3.63) is 12.3 Å². The van der Waals surface area contributed by atoms with Crippen LogP contribution in [0.5, 0.6) is 11.9 Å². The molecule has 0 aliphatic heterocycles. The molecule has 80 valence electrons. The average molecular weight is 207 g/mol. The minimum atomic E-state index is 0.315. The lowest BCUT2D eigenvalue weighted by Gasteiger charge is -2.05. The highest BCUT2D eigenvalue weighted by molar-refractivity contribution is 5.10. The molecule has 1 aromatic heterocycles. The van der Waals surface area contributed by atoms with E-state index in [1.807, 2.05) is 13.0 Å². The van der Waals surface area contributed by atoms with Gasteiger partial charge in [0.15, 0.2) is 0 Å². The Morgan fingerprint density at radius 1 is 1.47 bits per heavy atom. The molecule has 0 radical (unpaired) electrons. The quantitative estimate of drug-likeness (QED) is 0.662. The molecule has 0 aliphatic carbocycles. The van der Waals surface area contributed by atoms with Gasteiger partial charge in [-0.25, -0.2) is 4.98 Å². The molecule has 0 atom stereocenters. The Labute approximate surface area is 88.7 Å². The molecule has 0 saturated heterocycles. The molecule has 0 aromatic carbocycles. The highest BCUT2D eigenvalue weighted by Crippen LogP contribution is 2.10. The van der Waals surface area contributed by atoms with Crippen molar-refractivity contribution < 1.29 is 9.47 Å². The number of nitriles is 1. The Hall–Kier alpha value is -1.83. The second-order valence-corrected chi connectivity index (χ2v) is 2.72. The van der Waals surface area contributed by atoms with Gasteiger partial charge in [0.2, 0.25) is 5.88 Å². The molecular weight excluding hydrogens is 194 g/mol. The molecule has 15 heavy (non-hydrogen) atoms. The molecule has 1 heterocycles. The summed E-state index contributed by atoms with van der Waals surface area (Å²) in [5, 5.41) is 8.33. The van der Waals surface area contributed by atoms with E-state index in [0.29, 0.717) is 37.9 Å². The van der Waals surface area contributed by atoms with Gasteiger partial charge < -0.3 is 9.47 Å². The lowest BCUT2D eigenvalue weighted by molar-refractivity contribution is 0.277. The number of aromatic nitrogens is 2. The standard InChI is InChI=1S/C10H13N3O2/c1-2-14-10-12-7-5-9(13-10)15-8-4-3-6-11/h5,7H,2-4,8H2,1H3. The largest absolute Gasteiger partial charge is 0.477 e. The van der Waals surface area contributed by atoms with Gasteiger partial charge in [-0.1, -0.05) is 0 Å². The van der Waals surface area contributed by atoms with E-state index in [4.69, 9.17) is 14.7 Å². The minimum Gasteiger partial charge on any atom is -0.477 e. The van der Waals surface area contributed by atoms with Gasteiger partial charge >= 0.3 is 6.01 Å². The summed E-state index contributed by atoms with van der Waals surface area (Å²) in [5.74, 6) is 0.478. The number of rotatable bonds is 6. The van der Waals surface area contributed by atoms with Crippen molar-refractivity contribution in [3.8, 4) is 18.0 Å². The second kappa shape index (κ2) is 6.60. The van der Waals surface area contributed by atoms with Crippen LogP contribution in [0.2, 0.25) is 0 Å². The van der Waals surface area contributed by atoms with Gasteiger partial charge in [-0.2, -0.15) is 10.2 Å². The van der Waals surface area contributed by atoms with E-state index in [1.54, 1.807) is 12.3 Å². The summed E-state index contributed by atoms with van der Waals surface area (Å²) in [6.07, 6.45) is 2.77. The zero-order valence-electron chi connectivity index (χ0n) is 8.64. The van der Waals surface area contributed by atoms with Gasteiger partial charge in [-0.15, -0.1) is 0 Å². The molecular formula is C10H13N3O2. The van der Waals surface area contributed by atoms with E-state index in [0.717, 1.165) is 0 Å². The number of hydrogen-bond donors (Lipinski definition) is 0. The zero-order valence-corrected chi connectivity index (χ0v) is 8.64. The minimum absolute atomic E-state index is 0.315. The van der Waals surface area contributed by atoms with Gasteiger partial charge in [0.25, 0.3) is 0 Å². The van der Waals surface area contributed by atoms with Crippen molar-refractivity contribution in [1.29, 1.82) is 5.26 Å². The molecule has 0 fully saturated rings. The third-order valence-corrected chi connectivity index (χ3v) is 1.56. The van der Waals surface area contributed by atoms with Crippen molar-refractivity contribution in [3.63, 3.8) is 0 Å². The number of nitrogens with zero attached hydrogens (tertiary/aromatic N) is 3. The third kappa shape index (κ3) is 4.27. The Morgan fingerprint density at radius 3 is 3.07 bits per heavy atom. The monoisotopic (exact) mass is 207 g/mol. The fourth-order valence-corrected chi connectivity index (χ4v) is 0.932. The number of unbranched alkanes of at least 4 members (excludes halogenated alkanes) is 1. The molecule has 5 nitrogen and oxygen atoms in total. The van der Waals surface area contributed by atoms with Crippen molar-refractivity contribution >= 4 is 0 Å². The predicted octanol–water partition coefficient (Wildman–Crippen LogP) is 1.56. The first-order valence-corrected chi connectivity index (χ1v) is 4.82. The Bertz CT molecular complexity index is 336. The van der Waals surface area contributed by atoms with Crippen LogP contribution in [0.25, 0.3) is 0 Å². The van der Waals surface area contributed by atoms with Gasteiger partial charge in [-0.05, 0) is 13.3 Å². The molecule has 0 amide bonds. The van der Waals surface area contributed by atoms with Crippen molar-refractivity contribution in [2.75, 3.05) is 13.2 Å². The van der Waals surface area contributed by atoms with E-state index < -0.39 is 0 Å². The normalized spacial score (nSPS) is 9.33. The van der Waals surface area contributed by atoms with Crippen molar-refractivity contribution in [2.24, 2.45) is 0 Å². The first-order valence-electron chi connectivity index (χ1n) is 4.82. The van der Waals surface area contributed by atoms with E-state index in [-0.39, 0.29) is 0 Å². The maximum Gasteiger partial charge on any atom is 0.319 e. The summed E-state index contributed by atoms with van der Waals surface area (Å²) < 4.78 is 10.4. The Kier molecular flexibility index (Phi) is 4.95. The molecule has 5 heteroatoms. The molecule has 0 aliphatic rings. The molecule has 1 rings (SSSR count). The van der Waals surface area contributed by atoms with E-state index in [9.17, 15) is 0 Å². The zero-order chi connectivity index (χ0) is 10.9. The molecule has 0 spiro atoms. The molecule has 0 N–H and O–H groups in total. The lowest BCUT2D eigenvalue weighted by Crippen LogP contribution is -2.02. The maximum atomic E-state index is 8.33. The topological polar surface area (TPSA) is 68.0 Å². The molecule has 1 aromatic rings. The van der Waals surface area contributed by atoms with Gasteiger partial charge in [0.1, 0.15) is 0 Å². The van der Waals surface area contributed by atoms with Crippen LogP contribution < -0.4 is 9.47 Å². The van der Waals surface area contributed by atoms with Crippen molar-refractivity contribution in [2.45, 2.75) is 19.8 Å². The summed E-state index contributed by atoms with van der Waals surface area (Å²) in [6.45, 7) is 2.87. The van der Waals surface area contributed by atoms with Gasteiger partial charge in [-0.3, -0.25) is 0 Å². The summed E-state index contributed by atoms with van der Waals surface area (Å²) in [5.41, 5.74) is 0. The van der Waals surface area contributed by atoms with E-state index in [2.05, 4.69) is 9.97 Å².